The maximum Gasteiger partial charge on any atom is 0.115 e. The largest absolute Gasteiger partial charge is 0.508 e. The minimum absolute atomic E-state index is 0.227. The van der Waals surface area contributed by atoms with Crippen LogP contribution in [0, 0.1) is 0 Å². The summed E-state index contributed by atoms with van der Waals surface area (Å²) >= 11 is 3.44. The molecule has 0 atom stereocenters. The first-order valence-electron chi connectivity index (χ1n) is 6.77. The lowest BCUT2D eigenvalue weighted by Gasteiger charge is -2.25. The van der Waals surface area contributed by atoms with E-state index in [9.17, 15) is 10.2 Å². The van der Waals surface area contributed by atoms with Crippen LogP contribution >= 0.6 is 15.9 Å². The lowest BCUT2D eigenvalue weighted by atomic mass is 10.2. The Morgan fingerprint density at radius 3 is 1.23 bits per heavy atom. The summed E-state index contributed by atoms with van der Waals surface area (Å²) in [7, 11) is 0. The van der Waals surface area contributed by atoms with Gasteiger partial charge in [0.25, 0.3) is 0 Å². The summed E-state index contributed by atoms with van der Waals surface area (Å²) < 4.78 is 1.01. The van der Waals surface area contributed by atoms with Crippen LogP contribution in [0.4, 0.5) is 17.1 Å². The van der Waals surface area contributed by atoms with Crippen LogP contribution in [0.15, 0.2) is 77.3 Å². The van der Waals surface area contributed by atoms with Crippen LogP contribution < -0.4 is 4.90 Å². The summed E-state index contributed by atoms with van der Waals surface area (Å²) in [6.45, 7) is 0. The molecule has 3 nitrogen and oxygen atoms in total. The predicted octanol–water partition coefficient (Wildman–Crippen LogP) is 5.33. The van der Waals surface area contributed by atoms with Gasteiger partial charge in [-0.15, -0.1) is 0 Å². The van der Waals surface area contributed by atoms with Crippen molar-refractivity contribution in [2.75, 3.05) is 4.90 Å². The first kappa shape index (κ1) is 14.5. The van der Waals surface area contributed by atoms with Crippen LogP contribution in [0.1, 0.15) is 0 Å². The van der Waals surface area contributed by atoms with Crippen molar-refractivity contribution in [3.63, 3.8) is 0 Å². The normalized spacial score (nSPS) is 10.4. The summed E-state index contributed by atoms with van der Waals surface area (Å²) in [4.78, 5) is 2.05. The Balaban J connectivity index is 2.10. The van der Waals surface area contributed by atoms with Gasteiger partial charge in [0.05, 0.1) is 0 Å². The van der Waals surface area contributed by atoms with Crippen LogP contribution in [0.3, 0.4) is 0 Å². The first-order chi connectivity index (χ1) is 10.6. The van der Waals surface area contributed by atoms with Crippen molar-refractivity contribution in [3.05, 3.63) is 77.3 Å². The van der Waals surface area contributed by atoms with Gasteiger partial charge in [0.2, 0.25) is 0 Å². The molecule has 0 saturated carbocycles. The Kier molecular flexibility index (Phi) is 4.02. The Labute approximate surface area is 137 Å². The van der Waals surface area contributed by atoms with Gasteiger partial charge in [-0.3, -0.25) is 0 Å². The van der Waals surface area contributed by atoms with E-state index in [-0.39, 0.29) is 11.5 Å². The van der Waals surface area contributed by atoms with E-state index in [1.165, 1.54) is 0 Å². The Morgan fingerprint density at radius 1 is 0.545 bits per heavy atom. The van der Waals surface area contributed by atoms with E-state index < -0.39 is 0 Å². The molecular formula is C18H14BrNO2. The van der Waals surface area contributed by atoms with Gasteiger partial charge < -0.3 is 15.1 Å². The summed E-state index contributed by atoms with van der Waals surface area (Å²) in [5, 5.41) is 19.0. The minimum Gasteiger partial charge on any atom is -0.508 e. The molecule has 0 heterocycles. The molecule has 4 heteroatoms. The molecular weight excluding hydrogens is 342 g/mol. The molecule has 0 saturated heterocycles. The Hall–Kier alpha value is -2.46. The maximum absolute atomic E-state index is 9.49. The number of anilines is 3. The fourth-order valence-electron chi connectivity index (χ4n) is 2.24. The molecule has 0 aliphatic rings. The fourth-order valence-corrected chi connectivity index (χ4v) is 2.51. The lowest BCUT2D eigenvalue weighted by Crippen LogP contribution is -2.09. The second-order valence-electron chi connectivity index (χ2n) is 4.84. The van der Waals surface area contributed by atoms with Crippen molar-refractivity contribution >= 4 is 33.0 Å². The summed E-state index contributed by atoms with van der Waals surface area (Å²) in [6.07, 6.45) is 0. The third-order valence-corrected chi connectivity index (χ3v) is 3.83. The number of halogens is 1. The maximum atomic E-state index is 9.49. The molecule has 0 amide bonds. The van der Waals surface area contributed by atoms with E-state index >= 15 is 0 Å². The van der Waals surface area contributed by atoms with Crippen LogP contribution in [0.5, 0.6) is 11.5 Å². The van der Waals surface area contributed by atoms with Gasteiger partial charge in [0.1, 0.15) is 11.5 Å². The number of hydrogen-bond acceptors (Lipinski definition) is 3. The summed E-state index contributed by atoms with van der Waals surface area (Å²) in [6, 6.07) is 22.0. The number of benzene rings is 3. The van der Waals surface area contributed by atoms with Gasteiger partial charge in [-0.2, -0.15) is 0 Å². The zero-order valence-corrected chi connectivity index (χ0v) is 13.2. The van der Waals surface area contributed by atoms with Crippen molar-refractivity contribution in [2.24, 2.45) is 0 Å². The lowest BCUT2D eigenvalue weighted by molar-refractivity contribution is 0.475. The van der Waals surface area contributed by atoms with Gasteiger partial charge in [-0.05, 0) is 72.8 Å². The SMILES string of the molecule is Oc1ccc(N(c2ccc(O)cc2)c2ccc(Br)cc2)cc1. The number of hydrogen-bond donors (Lipinski definition) is 2. The van der Waals surface area contributed by atoms with E-state index in [1.807, 2.05) is 53.4 Å². The van der Waals surface area contributed by atoms with Crippen molar-refractivity contribution in [1.29, 1.82) is 0 Å². The standard InChI is InChI=1S/C18H14BrNO2/c19-13-1-3-14(4-2-13)20(15-5-9-17(21)10-6-15)16-7-11-18(22)12-8-16/h1-12,21-22H. The van der Waals surface area contributed by atoms with E-state index in [4.69, 9.17) is 0 Å². The molecule has 110 valence electrons. The van der Waals surface area contributed by atoms with Gasteiger partial charge in [0.15, 0.2) is 0 Å². The first-order valence-corrected chi connectivity index (χ1v) is 7.56. The van der Waals surface area contributed by atoms with E-state index in [0.29, 0.717) is 0 Å². The average Bonchev–Trinajstić information content (AvgIpc) is 2.53. The molecule has 0 aliphatic heterocycles. The predicted molar refractivity (Wildman–Crippen MR) is 92.2 cm³/mol. The van der Waals surface area contributed by atoms with Crippen molar-refractivity contribution in [3.8, 4) is 11.5 Å². The monoisotopic (exact) mass is 355 g/mol. The third-order valence-electron chi connectivity index (χ3n) is 3.30. The summed E-state index contributed by atoms with van der Waals surface area (Å²) in [5.41, 5.74) is 2.83. The minimum atomic E-state index is 0.227. The van der Waals surface area contributed by atoms with Gasteiger partial charge in [0, 0.05) is 21.5 Å². The fraction of sp³-hybridized carbons (Fsp3) is 0. The highest BCUT2D eigenvalue weighted by atomic mass is 79.9. The molecule has 0 fully saturated rings. The van der Waals surface area contributed by atoms with Crippen LogP contribution in [-0.4, -0.2) is 10.2 Å². The number of phenolic OH excluding ortho intramolecular Hbond substituents is 2. The number of phenols is 2. The number of rotatable bonds is 3. The van der Waals surface area contributed by atoms with Crippen LogP contribution in [-0.2, 0) is 0 Å². The van der Waals surface area contributed by atoms with Crippen molar-refractivity contribution in [2.45, 2.75) is 0 Å². The quantitative estimate of drug-likeness (QED) is 0.667. The van der Waals surface area contributed by atoms with Gasteiger partial charge in [-0.1, -0.05) is 15.9 Å². The zero-order valence-electron chi connectivity index (χ0n) is 11.6. The highest BCUT2D eigenvalue weighted by molar-refractivity contribution is 9.10. The van der Waals surface area contributed by atoms with Crippen LogP contribution in [0.2, 0.25) is 0 Å². The molecule has 0 bridgehead atoms. The van der Waals surface area contributed by atoms with Gasteiger partial charge in [-0.25, -0.2) is 0 Å². The molecule has 0 spiro atoms. The highest BCUT2D eigenvalue weighted by Crippen LogP contribution is 2.36. The molecule has 0 aromatic heterocycles. The Bertz CT molecular complexity index is 644. The van der Waals surface area contributed by atoms with Crippen molar-refractivity contribution < 1.29 is 10.2 Å². The second kappa shape index (κ2) is 6.12. The molecule has 3 aromatic rings. The summed E-state index contributed by atoms with van der Waals surface area (Å²) in [5.74, 6) is 0.454. The van der Waals surface area contributed by atoms with Gasteiger partial charge >= 0.3 is 0 Å². The van der Waals surface area contributed by atoms with E-state index in [0.717, 1.165) is 21.5 Å². The van der Waals surface area contributed by atoms with Crippen molar-refractivity contribution in [1.82, 2.24) is 0 Å². The molecule has 2 N–H and O–H groups in total. The topological polar surface area (TPSA) is 43.7 Å². The molecule has 0 aliphatic carbocycles. The zero-order chi connectivity index (χ0) is 15.5. The third kappa shape index (κ3) is 3.07. The molecule has 22 heavy (non-hydrogen) atoms. The molecule has 3 rings (SSSR count). The van der Waals surface area contributed by atoms with E-state index in [2.05, 4.69) is 15.9 Å². The smallest absolute Gasteiger partial charge is 0.115 e. The number of aromatic hydroxyl groups is 2. The second-order valence-corrected chi connectivity index (χ2v) is 5.76. The van der Waals surface area contributed by atoms with E-state index in [1.54, 1.807) is 24.3 Å². The average molecular weight is 356 g/mol. The molecule has 0 radical (unpaired) electrons. The molecule has 0 unspecified atom stereocenters. The van der Waals surface area contributed by atoms with Crippen LogP contribution in [0.25, 0.3) is 0 Å². The number of nitrogens with zero attached hydrogens (tertiary/aromatic N) is 1. The Morgan fingerprint density at radius 2 is 0.864 bits per heavy atom. The highest BCUT2D eigenvalue weighted by Gasteiger charge is 2.12. The molecule has 3 aromatic carbocycles.